The van der Waals surface area contributed by atoms with Crippen LogP contribution in [0.1, 0.15) is 55.5 Å². The number of carbonyl (C=O) groups is 1. The molecule has 21 heavy (non-hydrogen) atoms. The summed E-state index contributed by atoms with van der Waals surface area (Å²) in [5, 5.41) is 11.7. The zero-order valence-corrected chi connectivity index (χ0v) is 13.0. The average Bonchev–Trinajstić information content (AvgIpc) is 2.47. The second kappa shape index (κ2) is 10.0. The Balaban J connectivity index is 2.52. The molecule has 0 atom stereocenters. The minimum absolute atomic E-state index is 0.0389. The highest BCUT2D eigenvalue weighted by Crippen LogP contribution is 2.08. The third kappa shape index (κ3) is 6.97. The van der Waals surface area contributed by atoms with Crippen molar-refractivity contribution in [2.24, 2.45) is 5.92 Å². The van der Waals surface area contributed by atoms with Gasteiger partial charge < -0.3 is 10.4 Å². The van der Waals surface area contributed by atoms with Gasteiger partial charge in [-0.05, 0) is 24.5 Å². The third-order valence-electron chi connectivity index (χ3n) is 3.13. The summed E-state index contributed by atoms with van der Waals surface area (Å²) >= 11 is 0. The van der Waals surface area contributed by atoms with E-state index in [0.717, 1.165) is 12.8 Å². The smallest absolute Gasteiger partial charge is 0.252 e. The Bertz CT molecular complexity index is 497. The van der Waals surface area contributed by atoms with Gasteiger partial charge >= 0.3 is 0 Å². The van der Waals surface area contributed by atoms with Crippen LogP contribution >= 0.6 is 0 Å². The van der Waals surface area contributed by atoms with Crippen molar-refractivity contribution in [2.45, 2.75) is 39.5 Å². The highest BCUT2D eigenvalue weighted by atomic mass is 16.2. The largest absolute Gasteiger partial charge is 0.395 e. The maximum absolute atomic E-state index is 12.2. The molecule has 114 valence electrons. The highest BCUT2D eigenvalue weighted by Gasteiger charge is 2.08. The minimum Gasteiger partial charge on any atom is -0.395 e. The van der Waals surface area contributed by atoms with E-state index in [2.05, 4.69) is 31.0 Å². The van der Waals surface area contributed by atoms with Crippen molar-refractivity contribution >= 4 is 5.91 Å². The molecule has 3 heteroatoms. The second-order valence-electron chi connectivity index (χ2n) is 5.47. The van der Waals surface area contributed by atoms with E-state index < -0.39 is 0 Å². The predicted molar refractivity (Wildman–Crippen MR) is 86.0 cm³/mol. The maximum atomic E-state index is 12.2. The van der Waals surface area contributed by atoms with E-state index in [1.165, 1.54) is 6.42 Å². The molecular weight excluding hydrogens is 262 g/mol. The van der Waals surface area contributed by atoms with Crippen LogP contribution in [0.4, 0.5) is 0 Å². The number of benzene rings is 1. The summed E-state index contributed by atoms with van der Waals surface area (Å²) in [6.07, 6.45) is 3.75. The molecule has 0 aromatic heterocycles. The van der Waals surface area contributed by atoms with Crippen LogP contribution in [0.25, 0.3) is 0 Å². The number of unbranched alkanes of at least 4 members (excludes halogenated alkanes) is 1. The van der Waals surface area contributed by atoms with Gasteiger partial charge in [-0.1, -0.05) is 50.7 Å². The van der Waals surface area contributed by atoms with Crippen molar-refractivity contribution in [3.8, 4) is 11.8 Å². The lowest BCUT2D eigenvalue weighted by atomic mass is 10.1. The molecule has 1 amide bonds. The van der Waals surface area contributed by atoms with Crippen LogP contribution in [0.2, 0.25) is 0 Å². The highest BCUT2D eigenvalue weighted by molar-refractivity contribution is 5.96. The van der Waals surface area contributed by atoms with E-state index in [0.29, 0.717) is 30.0 Å². The van der Waals surface area contributed by atoms with E-state index >= 15 is 0 Å². The summed E-state index contributed by atoms with van der Waals surface area (Å²) in [5.41, 5.74) is 1.32. The van der Waals surface area contributed by atoms with Crippen molar-refractivity contribution in [1.82, 2.24) is 5.32 Å². The zero-order chi connectivity index (χ0) is 15.5. The van der Waals surface area contributed by atoms with Crippen molar-refractivity contribution < 1.29 is 9.90 Å². The van der Waals surface area contributed by atoms with Crippen molar-refractivity contribution in [2.75, 3.05) is 13.2 Å². The number of carbonyl (C=O) groups excluding carboxylic acids is 1. The molecule has 0 spiro atoms. The van der Waals surface area contributed by atoms with Crippen molar-refractivity contribution in [3.63, 3.8) is 0 Å². The van der Waals surface area contributed by atoms with Gasteiger partial charge in [-0.3, -0.25) is 4.79 Å². The Morgan fingerprint density at radius 1 is 1.29 bits per heavy atom. The van der Waals surface area contributed by atoms with Crippen LogP contribution in [0.15, 0.2) is 24.3 Å². The van der Waals surface area contributed by atoms with Crippen molar-refractivity contribution in [1.29, 1.82) is 0 Å². The number of aliphatic hydroxyl groups is 1. The summed E-state index contributed by atoms with van der Waals surface area (Å²) in [7, 11) is 0. The van der Waals surface area contributed by atoms with E-state index in [-0.39, 0.29) is 12.5 Å². The molecule has 0 unspecified atom stereocenters. The minimum atomic E-state index is -0.0755. The van der Waals surface area contributed by atoms with Crippen LogP contribution in [-0.4, -0.2) is 24.2 Å². The molecule has 0 aliphatic heterocycles. The van der Waals surface area contributed by atoms with E-state index in [1.807, 2.05) is 18.2 Å². The van der Waals surface area contributed by atoms with Crippen molar-refractivity contribution in [3.05, 3.63) is 35.4 Å². The number of amides is 1. The first kappa shape index (κ1) is 17.3. The number of aliphatic hydroxyl groups excluding tert-OH is 1. The van der Waals surface area contributed by atoms with Crippen LogP contribution in [-0.2, 0) is 0 Å². The summed E-state index contributed by atoms with van der Waals surface area (Å²) in [5.74, 6) is 6.43. The fourth-order valence-corrected chi connectivity index (χ4v) is 1.98. The number of hydrogen-bond acceptors (Lipinski definition) is 2. The molecule has 0 heterocycles. The maximum Gasteiger partial charge on any atom is 0.252 e. The van der Waals surface area contributed by atoms with Crippen LogP contribution < -0.4 is 5.32 Å². The normalized spacial score (nSPS) is 10.1. The third-order valence-corrected chi connectivity index (χ3v) is 3.13. The molecule has 0 saturated heterocycles. The molecule has 3 nitrogen and oxygen atoms in total. The molecule has 0 radical (unpaired) electrons. The quantitative estimate of drug-likeness (QED) is 0.598. The number of hydrogen-bond donors (Lipinski definition) is 2. The molecule has 0 aliphatic carbocycles. The first-order valence-corrected chi connectivity index (χ1v) is 7.62. The fraction of sp³-hybridized carbons (Fsp3) is 0.500. The van der Waals surface area contributed by atoms with Crippen LogP contribution in [0.3, 0.4) is 0 Å². The lowest BCUT2D eigenvalue weighted by Crippen LogP contribution is -2.25. The average molecular weight is 287 g/mol. The van der Waals surface area contributed by atoms with Gasteiger partial charge in [0.2, 0.25) is 0 Å². The Morgan fingerprint density at radius 2 is 2.05 bits per heavy atom. The second-order valence-corrected chi connectivity index (χ2v) is 5.47. The molecular formula is C18H25NO2. The zero-order valence-electron chi connectivity index (χ0n) is 13.0. The molecule has 0 saturated carbocycles. The van der Waals surface area contributed by atoms with Gasteiger partial charge in [0.1, 0.15) is 0 Å². The summed E-state index contributed by atoms with van der Waals surface area (Å²) in [6, 6.07) is 7.32. The van der Waals surface area contributed by atoms with Gasteiger partial charge in [0.25, 0.3) is 5.91 Å². The van der Waals surface area contributed by atoms with Gasteiger partial charge in [0.15, 0.2) is 0 Å². The standard InChI is InChI=1S/C18H25NO2/c1-15(2)9-5-7-13-19-18(21)17-12-4-3-10-16(17)11-6-8-14-20/h3-4,10,12,15,20H,5,7-9,13-14H2,1-2H3,(H,19,21). The molecule has 0 bridgehead atoms. The van der Waals surface area contributed by atoms with E-state index in [9.17, 15) is 4.79 Å². The SMILES string of the molecule is CC(C)CCCCNC(=O)c1ccccc1C#CCCO. The van der Waals surface area contributed by atoms with Gasteiger partial charge in [-0.15, -0.1) is 0 Å². The lowest BCUT2D eigenvalue weighted by molar-refractivity contribution is 0.0952. The molecule has 0 aliphatic rings. The molecule has 1 aromatic carbocycles. The van der Waals surface area contributed by atoms with E-state index in [1.54, 1.807) is 6.07 Å². The molecule has 1 rings (SSSR count). The summed E-state index contributed by atoms with van der Waals surface area (Å²) in [4.78, 5) is 12.2. The lowest BCUT2D eigenvalue weighted by Gasteiger charge is -2.08. The Hall–Kier alpha value is -1.79. The Kier molecular flexibility index (Phi) is 8.23. The summed E-state index contributed by atoms with van der Waals surface area (Å²) in [6.45, 7) is 5.15. The van der Waals surface area contributed by atoms with Gasteiger partial charge in [-0.2, -0.15) is 0 Å². The first-order valence-electron chi connectivity index (χ1n) is 7.62. The Morgan fingerprint density at radius 3 is 2.76 bits per heavy atom. The van der Waals surface area contributed by atoms with Crippen LogP contribution in [0, 0.1) is 17.8 Å². The molecule has 2 N–H and O–H groups in total. The van der Waals surface area contributed by atoms with Gasteiger partial charge in [0.05, 0.1) is 12.2 Å². The monoisotopic (exact) mass is 287 g/mol. The topological polar surface area (TPSA) is 49.3 Å². The predicted octanol–water partition coefficient (Wildman–Crippen LogP) is 2.98. The Labute approximate surface area is 127 Å². The molecule has 0 fully saturated rings. The van der Waals surface area contributed by atoms with Crippen LogP contribution in [0.5, 0.6) is 0 Å². The molecule has 1 aromatic rings. The number of rotatable bonds is 7. The first-order chi connectivity index (χ1) is 10.1. The fourth-order valence-electron chi connectivity index (χ4n) is 1.98. The summed E-state index contributed by atoms with van der Waals surface area (Å²) < 4.78 is 0. The van der Waals surface area contributed by atoms with E-state index in [4.69, 9.17) is 5.11 Å². The van der Waals surface area contributed by atoms with Gasteiger partial charge in [-0.25, -0.2) is 0 Å². The number of nitrogens with one attached hydrogen (secondary N) is 1. The van der Waals surface area contributed by atoms with Gasteiger partial charge in [0, 0.05) is 18.5 Å².